The predicted molar refractivity (Wildman–Crippen MR) is 67.0 cm³/mol. The number of hydrogen-bond acceptors (Lipinski definition) is 3. The highest BCUT2D eigenvalue weighted by Gasteiger charge is 2.16. The molecular weight excluding hydrogens is 291 g/mol. The van der Waals surface area contributed by atoms with Crippen LogP contribution in [0.25, 0.3) is 0 Å². The zero-order valence-electron chi connectivity index (χ0n) is 8.28. The van der Waals surface area contributed by atoms with Gasteiger partial charge < -0.3 is 4.42 Å². The zero-order chi connectivity index (χ0) is 11.5. The van der Waals surface area contributed by atoms with Crippen molar-refractivity contribution in [1.82, 2.24) is 5.43 Å². The average Bonchev–Trinajstić information content (AvgIpc) is 2.66. The summed E-state index contributed by atoms with van der Waals surface area (Å²) < 4.78 is 6.13. The SMILES string of the molecule is NNC(c1cccc(Cl)c1)c1ccc(Br)o1. The molecule has 0 saturated heterocycles. The third kappa shape index (κ3) is 2.47. The van der Waals surface area contributed by atoms with Gasteiger partial charge in [0.25, 0.3) is 0 Å². The lowest BCUT2D eigenvalue weighted by molar-refractivity contribution is 0.437. The van der Waals surface area contributed by atoms with E-state index in [0.717, 1.165) is 11.3 Å². The number of rotatable bonds is 3. The first-order chi connectivity index (χ1) is 7.70. The van der Waals surface area contributed by atoms with E-state index in [9.17, 15) is 0 Å². The first-order valence-electron chi connectivity index (χ1n) is 4.67. The highest BCUT2D eigenvalue weighted by Crippen LogP contribution is 2.26. The first-order valence-corrected chi connectivity index (χ1v) is 5.84. The van der Waals surface area contributed by atoms with E-state index in [1.807, 2.05) is 36.4 Å². The maximum atomic E-state index is 5.93. The Balaban J connectivity index is 2.36. The molecule has 0 aliphatic carbocycles. The van der Waals surface area contributed by atoms with Gasteiger partial charge in [-0.25, -0.2) is 5.43 Å². The number of nitrogens with one attached hydrogen (secondary N) is 1. The van der Waals surface area contributed by atoms with E-state index in [0.29, 0.717) is 9.69 Å². The fourth-order valence-electron chi connectivity index (χ4n) is 1.51. The van der Waals surface area contributed by atoms with Crippen LogP contribution >= 0.6 is 27.5 Å². The van der Waals surface area contributed by atoms with Gasteiger partial charge in [0.05, 0.1) is 0 Å². The Morgan fingerprint density at radius 2 is 2.12 bits per heavy atom. The van der Waals surface area contributed by atoms with Crippen molar-refractivity contribution in [3.05, 3.63) is 57.4 Å². The van der Waals surface area contributed by atoms with Crippen molar-refractivity contribution < 1.29 is 4.42 Å². The molecule has 0 saturated carbocycles. The van der Waals surface area contributed by atoms with Crippen LogP contribution < -0.4 is 11.3 Å². The molecule has 1 aromatic carbocycles. The highest BCUT2D eigenvalue weighted by atomic mass is 79.9. The number of benzene rings is 1. The standard InChI is InChI=1S/C11H10BrClN2O/c12-10-5-4-9(16-10)11(15-14)7-2-1-3-8(13)6-7/h1-6,11,15H,14H2. The van der Waals surface area contributed by atoms with Crippen molar-refractivity contribution >= 4 is 27.5 Å². The largest absolute Gasteiger partial charge is 0.452 e. The Hall–Kier alpha value is -0.810. The number of furan rings is 1. The van der Waals surface area contributed by atoms with Gasteiger partial charge in [-0.2, -0.15) is 0 Å². The smallest absolute Gasteiger partial charge is 0.169 e. The van der Waals surface area contributed by atoms with Gasteiger partial charge in [-0.3, -0.25) is 5.84 Å². The molecule has 0 aliphatic rings. The predicted octanol–water partition coefficient (Wildman–Crippen LogP) is 3.25. The molecule has 1 unspecified atom stereocenters. The number of hydrogen-bond donors (Lipinski definition) is 2. The molecule has 0 aliphatic heterocycles. The molecule has 2 rings (SSSR count). The molecule has 3 nitrogen and oxygen atoms in total. The Bertz CT molecular complexity index is 486. The molecule has 0 radical (unpaired) electrons. The van der Waals surface area contributed by atoms with Gasteiger partial charge in [0.15, 0.2) is 4.67 Å². The molecule has 1 atom stereocenters. The molecule has 5 heteroatoms. The van der Waals surface area contributed by atoms with Crippen LogP contribution in [0.15, 0.2) is 45.5 Å². The van der Waals surface area contributed by atoms with Crippen LogP contribution in [0.1, 0.15) is 17.4 Å². The summed E-state index contributed by atoms with van der Waals surface area (Å²) in [5.74, 6) is 6.26. The quantitative estimate of drug-likeness (QED) is 0.676. The monoisotopic (exact) mass is 300 g/mol. The van der Waals surface area contributed by atoms with Crippen LogP contribution in [0.3, 0.4) is 0 Å². The normalized spacial score (nSPS) is 12.7. The first kappa shape index (κ1) is 11.7. The van der Waals surface area contributed by atoms with Gasteiger partial charge in [-0.05, 0) is 45.8 Å². The fourth-order valence-corrected chi connectivity index (χ4v) is 2.03. The fraction of sp³-hybridized carbons (Fsp3) is 0.0909. The summed E-state index contributed by atoms with van der Waals surface area (Å²) >= 11 is 9.19. The molecule has 0 spiro atoms. The molecule has 2 aromatic rings. The number of hydrazine groups is 1. The summed E-state index contributed by atoms with van der Waals surface area (Å²) in [6.07, 6.45) is 0. The minimum atomic E-state index is -0.204. The van der Waals surface area contributed by atoms with E-state index >= 15 is 0 Å². The minimum absolute atomic E-state index is 0.204. The van der Waals surface area contributed by atoms with Crippen molar-refractivity contribution in [3.63, 3.8) is 0 Å². The Labute approximate surface area is 107 Å². The van der Waals surface area contributed by atoms with Crippen LogP contribution in [0, 0.1) is 0 Å². The maximum Gasteiger partial charge on any atom is 0.169 e. The number of nitrogens with two attached hydrogens (primary N) is 1. The lowest BCUT2D eigenvalue weighted by Gasteiger charge is -2.13. The van der Waals surface area contributed by atoms with Gasteiger partial charge in [0, 0.05) is 5.02 Å². The third-order valence-electron chi connectivity index (χ3n) is 2.23. The summed E-state index contributed by atoms with van der Waals surface area (Å²) in [4.78, 5) is 0. The molecule has 0 fully saturated rings. The second-order valence-corrected chi connectivity index (χ2v) is 4.51. The lowest BCUT2D eigenvalue weighted by atomic mass is 10.1. The topological polar surface area (TPSA) is 51.2 Å². The van der Waals surface area contributed by atoms with Crippen LogP contribution in [-0.4, -0.2) is 0 Å². The van der Waals surface area contributed by atoms with Crippen LogP contribution in [0.4, 0.5) is 0 Å². The molecule has 84 valence electrons. The van der Waals surface area contributed by atoms with Crippen LogP contribution in [0.5, 0.6) is 0 Å². The molecule has 0 amide bonds. The van der Waals surface area contributed by atoms with Crippen molar-refractivity contribution in [2.75, 3.05) is 0 Å². The van der Waals surface area contributed by atoms with Crippen molar-refractivity contribution in [2.24, 2.45) is 5.84 Å². The van der Waals surface area contributed by atoms with Crippen LogP contribution in [0.2, 0.25) is 5.02 Å². The van der Waals surface area contributed by atoms with Crippen LogP contribution in [-0.2, 0) is 0 Å². The zero-order valence-corrected chi connectivity index (χ0v) is 10.6. The highest BCUT2D eigenvalue weighted by molar-refractivity contribution is 9.10. The van der Waals surface area contributed by atoms with E-state index in [2.05, 4.69) is 21.4 Å². The van der Waals surface area contributed by atoms with Crippen molar-refractivity contribution in [1.29, 1.82) is 0 Å². The summed E-state index contributed by atoms with van der Waals surface area (Å²) in [5.41, 5.74) is 3.66. The molecule has 3 N–H and O–H groups in total. The van der Waals surface area contributed by atoms with E-state index in [1.54, 1.807) is 0 Å². The van der Waals surface area contributed by atoms with E-state index in [1.165, 1.54) is 0 Å². The summed E-state index contributed by atoms with van der Waals surface area (Å²) in [5, 5.41) is 0.670. The second-order valence-electron chi connectivity index (χ2n) is 3.30. The molecule has 0 bridgehead atoms. The summed E-state index contributed by atoms with van der Waals surface area (Å²) in [6.45, 7) is 0. The summed E-state index contributed by atoms with van der Waals surface area (Å²) in [6, 6.07) is 11.0. The molecule has 1 aromatic heterocycles. The summed E-state index contributed by atoms with van der Waals surface area (Å²) in [7, 11) is 0. The molecule has 1 heterocycles. The maximum absolute atomic E-state index is 5.93. The van der Waals surface area contributed by atoms with Crippen molar-refractivity contribution in [3.8, 4) is 0 Å². The van der Waals surface area contributed by atoms with Gasteiger partial charge in [0.1, 0.15) is 11.8 Å². The lowest BCUT2D eigenvalue weighted by Crippen LogP contribution is -2.28. The minimum Gasteiger partial charge on any atom is -0.452 e. The molecule has 16 heavy (non-hydrogen) atoms. The van der Waals surface area contributed by atoms with E-state index < -0.39 is 0 Å². The Morgan fingerprint density at radius 3 is 2.69 bits per heavy atom. The molecular formula is C11H10BrClN2O. The number of halogens is 2. The third-order valence-corrected chi connectivity index (χ3v) is 2.89. The van der Waals surface area contributed by atoms with Gasteiger partial charge in [0.2, 0.25) is 0 Å². The van der Waals surface area contributed by atoms with Gasteiger partial charge in [-0.15, -0.1) is 0 Å². The van der Waals surface area contributed by atoms with E-state index in [4.69, 9.17) is 21.9 Å². The van der Waals surface area contributed by atoms with Gasteiger partial charge >= 0.3 is 0 Å². The Morgan fingerprint density at radius 1 is 1.31 bits per heavy atom. The second kappa shape index (κ2) is 5.01. The van der Waals surface area contributed by atoms with E-state index in [-0.39, 0.29) is 6.04 Å². The average molecular weight is 302 g/mol. The Kier molecular flexibility index (Phi) is 3.66. The van der Waals surface area contributed by atoms with Gasteiger partial charge in [-0.1, -0.05) is 23.7 Å². The van der Waals surface area contributed by atoms with Crippen molar-refractivity contribution in [2.45, 2.75) is 6.04 Å².